The van der Waals surface area contributed by atoms with Crippen molar-refractivity contribution in [3.05, 3.63) is 60.7 Å². The minimum absolute atomic E-state index is 0.0392. The molecular weight excluding hydrogens is 554 g/mol. The first-order chi connectivity index (χ1) is 21.1. The Kier molecular flexibility index (Phi) is 9.98. The van der Waals surface area contributed by atoms with E-state index in [0.717, 1.165) is 72.9 Å². The van der Waals surface area contributed by atoms with Gasteiger partial charge >= 0.3 is 6.01 Å². The molecule has 4 heterocycles. The molecule has 3 aromatic heterocycles. The van der Waals surface area contributed by atoms with Gasteiger partial charge in [-0.05, 0) is 49.4 Å². The first-order valence-corrected chi connectivity index (χ1v) is 15.7. The molecule has 10 nitrogen and oxygen atoms in total. The Hall–Kier alpha value is -3.79. The predicted molar refractivity (Wildman–Crippen MR) is 172 cm³/mol. The van der Waals surface area contributed by atoms with Crippen molar-refractivity contribution in [2.45, 2.75) is 84.3 Å². The average molecular weight is 602 g/mol. The van der Waals surface area contributed by atoms with E-state index in [1.165, 1.54) is 0 Å². The maximum atomic E-state index is 6.33. The van der Waals surface area contributed by atoms with Gasteiger partial charge in [0.2, 0.25) is 0 Å². The lowest BCUT2D eigenvalue weighted by Gasteiger charge is -2.38. The minimum Gasteiger partial charge on any atom is -0.485 e. The molecule has 44 heavy (non-hydrogen) atoms. The van der Waals surface area contributed by atoms with Crippen molar-refractivity contribution < 1.29 is 14.2 Å². The van der Waals surface area contributed by atoms with Gasteiger partial charge in [0.1, 0.15) is 11.9 Å². The zero-order valence-electron chi connectivity index (χ0n) is 27.0. The van der Waals surface area contributed by atoms with Crippen LogP contribution < -0.4 is 19.7 Å². The fraction of sp³-hybridized carbons (Fsp3) is 0.559. The summed E-state index contributed by atoms with van der Waals surface area (Å²) in [4.78, 5) is 25.1. The second-order valence-corrected chi connectivity index (χ2v) is 13.4. The number of hydrogen-bond acceptors (Lipinski definition) is 10. The van der Waals surface area contributed by atoms with Crippen molar-refractivity contribution in [2.24, 2.45) is 11.8 Å². The summed E-state index contributed by atoms with van der Waals surface area (Å²) in [5.74, 6) is 3.65. The summed E-state index contributed by atoms with van der Waals surface area (Å²) in [5, 5.41) is 3.53. The quantitative estimate of drug-likeness (QED) is 0.276. The van der Waals surface area contributed by atoms with Gasteiger partial charge < -0.3 is 24.4 Å². The van der Waals surface area contributed by atoms with Gasteiger partial charge in [0.05, 0.1) is 44.2 Å². The van der Waals surface area contributed by atoms with E-state index in [-0.39, 0.29) is 17.6 Å². The molecule has 0 amide bonds. The molecule has 0 atom stereocenters. The van der Waals surface area contributed by atoms with Gasteiger partial charge in [-0.25, -0.2) is 15.0 Å². The van der Waals surface area contributed by atoms with Crippen LogP contribution in [0.2, 0.25) is 0 Å². The Morgan fingerprint density at radius 1 is 1.00 bits per heavy atom. The second kappa shape index (κ2) is 13.9. The summed E-state index contributed by atoms with van der Waals surface area (Å²) in [6.45, 7) is 17.6. The van der Waals surface area contributed by atoms with Crippen LogP contribution in [0.25, 0.3) is 11.3 Å². The molecule has 1 aliphatic carbocycles. The van der Waals surface area contributed by atoms with Crippen molar-refractivity contribution in [1.29, 1.82) is 0 Å². The molecule has 3 aromatic rings. The van der Waals surface area contributed by atoms with Crippen molar-refractivity contribution in [3.63, 3.8) is 0 Å². The molecule has 2 fully saturated rings. The minimum atomic E-state index is -0.0392. The highest BCUT2D eigenvalue weighted by molar-refractivity contribution is 5.57. The lowest BCUT2D eigenvalue weighted by Crippen LogP contribution is -2.43. The largest absolute Gasteiger partial charge is 0.485 e. The third-order valence-electron chi connectivity index (χ3n) is 8.31. The molecule has 236 valence electrons. The standard InChI is InChI=1S/C34H47N7O3/c1-22(2)14-35-23(3)41(32-19-37-30(18-38-32)25-15-39-33(42-7)40-16-25)27-10-8-24(9-11-27)12-26-13-31(44-28-20-43-21-28)29(17-36-26)34(4,5)6/h13,15-19,22,24,27-28,35H,3,8-12,14,20-21H2,1-2,4-7H3. The number of ether oxygens (including phenoxy) is 3. The molecular formula is C34H47N7O3. The molecule has 0 radical (unpaired) electrons. The predicted octanol–water partition coefficient (Wildman–Crippen LogP) is 5.74. The molecule has 0 aromatic carbocycles. The van der Waals surface area contributed by atoms with E-state index >= 15 is 0 Å². The Balaban J connectivity index is 1.27. The molecule has 2 aliphatic rings. The van der Waals surface area contributed by atoms with Crippen LogP contribution in [-0.2, 0) is 16.6 Å². The zero-order valence-corrected chi connectivity index (χ0v) is 27.0. The Morgan fingerprint density at radius 3 is 2.30 bits per heavy atom. The second-order valence-electron chi connectivity index (χ2n) is 13.4. The van der Waals surface area contributed by atoms with Crippen LogP contribution in [0.4, 0.5) is 5.82 Å². The molecule has 5 rings (SSSR count). The molecule has 0 unspecified atom stereocenters. The molecule has 0 bridgehead atoms. The average Bonchev–Trinajstić information content (AvgIpc) is 2.99. The monoisotopic (exact) mass is 601 g/mol. The van der Waals surface area contributed by atoms with Crippen molar-refractivity contribution in [1.82, 2.24) is 30.2 Å². The summed E-state index contributed by atoms with van der Waals surface area (Å²) in [6.07, 6.45) is 14.3. The topological polar surface area (TPSA) is 107 Å². The van der Waals surface area contributed by atoms with Gasteiger partial charge in [-0.1, -0.05) is 41.2 Å². The fourth-order valence-corrected chi connectivity index (χ4v) is 5.72. The van der Waals surface area contributed by atoms with Gasteiger partial charge in [0.25, 0.3) is 0 Å². The summed E-state index contributed by atoms with van der Waals surface area (Å²) < 4.78 is 16.8. The maximum Gasteiger partial charge on any atom is 0.316 e. The van der Waals surface area contributed by atoms with Crippen LogP contribution >= 0.6 is 0 Å². The first-order valence-electron chi connectivity index (χ1n) is 15.7. The number of aromatic nitrogens is 5. The van der Waals surface area contributed by atoms with E-state index in [0.29, 0.717) is 36.8 Å². The van der Waals surface area contributed by atoms with E-state index in [9.17, 15) is 0 Å². The first kappa shape index (κ1) is 31.6. The SMILES string of the molecule is C=C(NCC(C)C)N(c1cnc(-c2cnc(OC)nc2)cn1)C1CCC(Cc2cc(OC3COC3)c(C(C)(C)C)cn2)CC1. The van der Waals surface area contributed by atoms with Gasteiger partial charge in [-0.2, -0.15) is 0 Å². The van der Waals surface area contributed by atoms with E-state index in [4.69, 9.17) is 29.2 Å². The number of methoxy groups -OCH3 is 1. The van der Waals surface area contributed by atoms with Crippen LogP contribution in [-0.4, -0.2) is 63.9 Å². The summed E-state index contributed by atoms with van der Waals surface area (Å²) in [5.41, 5.74) is 3.70. The Labute approximate surface area is 261 Å². The van der Waals surface area contributed by atoms with E-state index in [1.807, 2.05) is 12.4 Å². The van der Waals surface area contributed by atoms with Crippen molar-refractivity contribution in [3.8, 4) is 23.0 Å². The number of nitrogens with one attached hydrogen (secondary N) is 1. The fourth-order valence-electron chi connectivity index (χ4n) is 5.72. The van der Waals surface area contributed by atoms with Gasteiger partial charge in [0.15, 0.2) is 5.82 Å². The van der Waals surface area contributed by atoms with Gasteiger partial charge in [-0.3, -0.25) is 9.97 Å². The lowest BCUT2D eigenvalue weighted by molar-refractivity contribution is -0.0802. The van der Waals surface area contributed by atoms with Gasteiger partial charge in [0, 0.05) is 54.1 Å². The number of pyridine rings is 1. The number of hydrogen-bond donors (Lipinski definition) is 1. The molecule has 1 saturated heterocycles. The van der Waals surface area contributed by atoms with E-state index < -0.39 is 0 Å². The summed E-state index contributed by atoms with van der Waals surface area (Å²) >= 11 is 0. The Morgan fingerprint density at radius 2 is 1.73 bits per heavy atom. The van der Waals surface area contributed by atoms with E-state index in [2.05, 4.69) is 67.4 Å². The summed E-state index contributed by atoms with van der Waals surface area (Å²) in [6, 6.07) is 2.76. The maximum absolute atomic E-state index is 6.33. The molecule has 1 saturated carbocycles. The lowest BCUT2D eigenvalue weighted by atomic mass is 9.82. The third kappa shape index (κ3) is 7.83. The van der Waals surface area contributed by atoms with Crippen LogP contribution in [0.3, 0.4) is 0 Å². The molecule has 1 aliphatic heterocycles. The van der Waals surface area contributed by atoms with Crippen molar-refractivity contribution in [2.75, 3.05) is 31.8 Å². The molecule has 10 heteroatoms. The third-order valence-corrected chi connectivity index (χ3v) is 8.31. The van der Waals surface area contributed by atoms with Crippen molar-refractivity contribution >= 4 is 5.82 Å². The normalized spacial score (nSPS) is 18.9. The van der Waals surface area contributed by atoms with Crippen LogP contribution in [0, 0.1) is 11.8 Å². The highest BCUT2D eigenvalue weighted by Gasteiger charge is 2.30. The number of rotatable bonds is 12. The Bertz CT molecular complexity index is 1380. The van der Waals surface area contributed by atoms with Crippen LogP contribution in [0.1, 0.15) is 71.6 Å². The highest BCUT2D eigenvalue weighted by Crippen LogP contribution is 2.36. The smallest absolute Gasteiger partial charge is 0.316 e. The van der Waals surface area contributed by atoms with Crippen LogP contribution in [0.15, 0.2) is 49.5 Å². The number of anilines is 1. The number of nitrogens with zero attached hydrogens (tertiary/aromatic N) is 6. The van der Waals surface area contributed by atoms with Gasteiger partial charge in [-0.15, -0.1) is 0 Å². The molecule has 0 spiro atoms. The summed E-state index contributed by atoms with van der Waals surface area (Å²) in [7, 11) is 1.55. The van der Waals surface area contributed by atoms with E-state index in [1.54, 1.807) is 25.7 Å². The highest BCUT2D eigenvalue weighted by atomic mass is 16.6. The molecule has 1 N–H and O–H groups in total. The van der Waals surface area contributed by atoms with Crippen LogP contribution in [0.5, 0.6) is 11.8 Å². The zero-order chi connectivity index (χ0) is 31.3.